The summed E-state index contributed by atoms with van der Waals surface area (Å²) in [5, 5.41) is 0. The van der Waals surface area contributed by atoms with E-state index in [1.807, 2.05) is 18.2 Å². The summed E-state index contributed by atoms with van der Waals surface area (Å²) in [4.78, 5) is 13.8. The van der Waals surface area contributed by atoms with E-state index in [2.05, 4.69) is 24.0 Å². The highest BCUT2D eigenvalue weighted by molar-refractivity contribution is 5.76. The van der Waals surface area contributed by atoms with E-state index in [0.29, 0.717) is 6.04 Å². The first kappa shape index (κ1) is 12.1. The van der Waals surface area contributed by atoms with Crippen molar-refractivity contribution in [3.63, 3.8) is 0 Å². The maximum atomic E-state index is 11.6. The first-order valence-electron chi connectivity index (χ1n) is 6.16. The van der Waals surface area contributed by atoms with Crippen LogP contribution in [0.25, 0.3) is 0 Å². The third kappa shape index (κ3) is 2.34. The maximum absolute atomic E-state index is 11.6. The van der Waals surface area contributed by atoms with Crippen LogP contribution in [0, 0.1) is 0 Å². The smallest absolute Gasteiger partial charge is 0.323 e. The Morgan fingerprint density at radius 2 is 2.18 bits per heavy atom. The largest absolute Gasteiger partial charge is 0.468 e. The molecule has 1 heterocycles. The standard InChI is InChI=1S/C14H19NO2/c1-3-12(11-7-5-4-6-8-11)15-10-9-13(15)14(16)17-2/h4-8,12-13H,3,9-10H2,1-2H3/t12-,13?/m0/s1. The number of carbonyl (C=O) groups is 1. The van der Waals surface area contributed by atoms with Crippen LogP contribution in [0.15, 0.2) is 30.3 Å². The minimum Gasteiger partial charge on any atom is -0.468 e. The van der Waals surface area contributed by atoms with E-state index in [9.17, 15) is 4.79 Å². The molecule has 0 radical (unpaired) electrons. The van der Waals surface area contributed by atoms with E-state index in [1.54, 1.807) is 0 Å². The Morgan fingerprint density at radius 3 is 2.65 bits per heavy atom. The molecule has 0 amide bonds. The fraction of sp³-hybridized carbons (Fsp3) is 0.500. The van der Waals surface area contributed by atoms with Crippen LogP contribution in [-0.2, 0) is 9.53 Å². The van der Waals surface area contributed by atoms with Gasteiger partial charge in [-0.1, -0.05) is 37.3 Å². The number of hydrogen-bond acceptors (Lipinski definition) is 3. The van der Waals surface area contributed by atoms with Gasteiger partial charge in [-0.3, -0.25) is 9.69 Å². The molecule has 0 spiro atoms. The lowest BCUT2D eigenvalue weighted by Gasteiger charge is -2.44. The van der Waals surface area contributed by atoms with Gasteiger partial charge in [0, 0.05) is 12.6 Å². The minimum absolute atomic E-state index is 0.0508. The Bertz CT molecular complexity index is 377. The van der Waals surface area contributed by atoms with Gasteiger partial charge in [-0.2, -0.15) is 0 Å². The molecule has 3 heteroatoms. The molecule has 0 bridgehead atoms. The second-order valence-electron chi connectivity index (χ2n) is 4.40. The highest BCUT2D eigenvalue weighted by Gasteiger charge is 2.39. The number of methoxy groups -OCH3 is 1. The van der Waals surface area contributed by atoms with Gasteiger partial charge in [-0.15, -0.1) is 0 Å². The summed E-state index contributed by atoms with van der Waals surface area (Å²) < 4.78 is 4.83. The quantitative estimate of drug-likeness (QED) is 0.748. The Hall–Kier alpha value is -1.35. The van der Waals surface area contributed by atoms with Crippen LogP contribution in [0.2, 0.25) is 0 Å². The Morgan fingerprint density at radius 1 is 1.47 bits per heavy atom. The van der Waals surface area contributed by atoms with Gasteiger partial charge >= 0.3 is 5.97 Å². The molecule has 1 aliphatic rings. The van der Waals surface area contributed by atoms with E-state index in [-0.39, 0.29) is 12.0 Å². The van der Waals surface area contributed by atoms with Crippen molar-refractivity contribution >= 4 is 5.97 Å². The topological polar surface area (TPSA) is 29.5 Å². The highest BCUT2D eigenvalue weighted by atomic mass is 16.5. The van der Waals surface area contributed by atoms with E-state index >= 15 is 0 Å². The number of hydrogen-bond donors (Lipinski definition) is 0. The molecule has 17 heavy (non-hydrogen) atoms. The number of rotatable bonds is 4. The molecule has 0 aliphatic carbocycles. The lowest BCUT2D eigenvalue weighted by Crippen LogP contribution is -2.54. The Balaban J connectivity index is 2.12. The van der Waals surface area contributed by atoms with Crippen LogP contribution in [0.1, 0.15) is 31.4 Å². The predicted octanol–water partition coefficient (Wildman–Crippen LogP) is 2.39. The molecule has 0 aromatic heterocycles. The third-order valence-corrected chi connectivity index (χ3v) is 3.51. The zero-order valence-electron chi connectivity index (χ0n) is 10.4. The summed E-state index contributed by atoms with van der Waals surface area (Å²) in [6.45, 7) is 3.14. The highest BCUT2D eigenvalue weighted by Crippen LogP contribution is 2.33. The van der Waals surface area contributed by atoms with Gasteiger partial charge in [0.25, 0.3) is 0 Å². The maximum Gasteiger partial charge on any atom is 0.323 e. The first-order valence-corrected chi connectivity index (χ1v) is 6.16. The van der Waals surface area contributed by atoms with Gasteiger partial charge in [0.1, 0.15) is 6.04 Å². The van der Waals surface area contributed by atoms with Gasteiger partial charge in [-0.25, -0.2) is 0 Å². The van der Waals surface area contributed by atoms with Crippen molar-refractivity contribution in [2.75, 3.05) is 13.7 Å². The number of nitrogens with zero attached hydrogens (tertiary/aromatic N) is 1. The normalized spacial score (nSPS) is 21.6. The number of ether oxygens (including phenoxy) is 1. The van der Waals surface area contributed by atoms with Crippen molar-refractivity contribution in [2.24, 2.45) is 0 Å². The van der Waals surface area contributed by atoms with Crippen LogP contribution in [0.3, 0.4) is 0 Å². The minimum atomic E-state index is -0.106. The molecule has 2 atom stereocenters. The second-order valence-corrected chi connectivity index (χ2v) is 4.40. The number of carbonyl (C=O) groups excluding carboxylic acids is 1. The summed E-state index contributed by atoms with van der Waals surface area (Å²) >= 11 is 0. The summed E-state index contributed by atoms with van der Waals surface area (Å²) in [7, 11) is 1.46. The van der Waals surface area contributed by atoms with Crippen LogP contribution in [0.4, 0.5) is 0 Å². The molecule has 0 saturated carbocycles. The van der Waals surface area contributed by atoms with Crippen molar-refractivity contribution in [1.82, 2.24) is 4.90 Å². The molecule has 92 valence electrons. The fourth-order valence-corrected chi connectivity index (χ4v) is 2.51. The van der Waals surface area contributed by atoms with Crippen LogP contribution in [-0.4, -0.2) is 30.6 Å². The predicted molar refractivity (Wildman–Crippen MR) is 66.6 cm³/mol. The lowest BCUT2D eigenvalue weighted by molar-refractivity contribution is -0.154. The van der Waals surface area contributed by atoms with Crippen LogP contribution in [0.5, 0.6) is 0 Å². The summed E-state index contributed by atoms with van der Waals surface area (Å²) in [5.74, 6) is -0.106. The summed E-state index contributed by atoms with van der Waals surface area (Å²) in [5.41, 5.74) is 1.28. The van der Waals surface area contributed by atoms with Crippen molar-refractivity contribution in [3.8, 4) is 0 Å². The van der Waals surface area contributed by atoms with Crippen LogP contribution >= 0.6 is 0 Å². The third-order valence-electron chi connectivity index (χ3n) is 3.51. The van der Waals surface area contributed by atoms with Gasteiger partial charge in [0.05, 0.1) is 7.11 Å². The number of benzene rings is 1. The first-order chi connectivity index (χ1) is 8.27. The van der Waals surface area contributed by atoms with Crippen LogP contribution < -0.4 is 0 Å². The van der Waals surface area contributed by atoms with E-state index in [4.69, 9.17) is 4.74 Å². The van der Waals surface area contributed by atoms with E-state index in [1.165, 1.54) is 12.7 Å². The molecule has 0 N–H and O–H groups in total. The van der Waals surface area contributed by atoms with Gasteiger partial charge in [0.2, 0.25) is 0 Å². The molecule has 1 unspecified atom stereocenters. The molecular formula is C14H19NO2. The Labute approximate surface area is 102 Å². The molecule has 1 aliphatic heterocycles. The molecule has 1 aromatic carbocycles. The van der Waals surface area contributed by atoms with Crippen molar-refractivity contribution in [2.45, 2.75) is 31.8 Å². The average Bonchev–Trinajstić information content (AvgIpc) is 2.35. The molecular weight excluding hydrogens is 214 g/mol. The summed E-state index contributed by atoms with van der Waals surface area (Å²) in [6.07, 6.45) is 1.92. The van der Waals surface area contributed by atoms with E-state index in [0.717, 1.165) is 19.4 Å². The lowest BCUT2D eigenvalue weighted by atomic mass is 9.94. The molecule has 2 rings (SSSR count). The van der Waals surface area contributed by atoms with E-state index < -0.39 is 0 Å². The molecule has 1 aromatic rings. The number of likely N-dealkylation sites (tertiary alicyclic amines) is 1. The molecule has 1 saturated heterocycles. The monoisotopic (exact) mass is 233 g/mol. The zero-order valence-corrected chi connectivity index (χ0v) is 10.4. The van der Waals surface area contributed by atoms with Crippen molar-refractivity contribution in [1.29, 1.82) is 0 Å². The van der Waals surface area contributed by atoms with Gasteiger partial charge in [0.15, 0.2) is 0 Å². The van der Waals surface area contributed by atoms with Crippen molar-refractivity contribution in [3.05, 3.63) is 35.9 Å². The number of esters is 1. The average molecular weight is 233 g/mol. The fourth-order valence-electron chi connectivity index (χ4n) is 2.51. The zero-order chi connectivity index (χ0) is 12.3. The van der Waals surface area contributed by atoms with Gasteiger partial charge < -0.3 is 4.74 Å². The second kappa shape index (κ2) is 5.32. The van der Waals surface area contributed by atoms with Gasteiger partial charge in [-0.05, 0) is 18.4 Å². The Kier molecular flexibility index (Phi) is 3.79. The molecule has 1 fully saturated rings. The van der Waals surface area contributed by atoms with Crippen molar-refractivity contribution < 1.29 is 9.53 Å². The summed E-state index contributed by atoms with van der Waals surface area (Å²) in [6, 6.07) is 10.6. The molecule has 3 nitrogen and oxygen atoms in total. The SMILES string of the molecule is CC[C@@H](c1ccccc1)N1CCC1C(=O)OC.